The van der Waals surface area contributed by atoms with Gasteiger partial charge in [-0.3, -0.25) is 0 Å². The van der Waals surface area contributed by atoms with E-state index < -0.39 is 10.0 Å². The number of ether oxygens (including phenoxy) is 1. The molecule has 5 nitrogen and oxygen atoms in total. The minimum atomic E-state index is -3.54. The standard InChI is InChI=1S/C14H21NO4S/c1-14(2)12(8-13(14)19-3)15-20(17,18)11-6-4-10(9-16)5-7-11/h4-7,12-13,15-16H,8-9H2,1-3H3. The third-order valence-electron chi connectivity index (χ3n) is 4.18. The number of sulfonamides is 1. The largest absolute Gasteiger partial charge is 0.392 e. The lowest BCUT2D eigenvalue weighted by molar-refractivity contribution is -0.0908. The number of nitrogens with one attached hydrogen (secondary N) is 1. The van der Waals surface area contributed by atoms with Gasteiger partial charge in [-0.1, -0.05) is 26.0 Å². The summed E-state index contributed by atoms with van der Waals surface area (Å²) in [6, 6.07) is 6.10. The third-order valence-corrected chi connectivity index (χ3v) is 5.66. The molecule has 0 bridgehead atoms. The fourth-order valence-corrected chi connectivity index (χ4v) is 3.92. The molecule has 1 fully saturated rings. The van der Waals surface area contributed by atoms with Gasteiger partial charge in [-0.25, -0.2) is 13.1 Å². The van der Waals surface area contributed by atoms with E-state index in [1.165, 1.54) is 12.1 Å². The zero-order valence-corrected chi connectivity index (χ0v) is 12.8. The molecule has 0 saturated heterocycles. The van der Waals surface area contributed by atoms with Crippen LogP contribution in [0.3, 0.4) is 0 Å². The lowest BCUT2D eigenvalue weighted by atomic mass is 9.65. The lowest BCUT2D eigenvalue weighted by Gasteiger charge is -2.50. The molecular weight excluding hydrogens is 278 g/mol. The maximum atomic E-state index is 12.3. The van der Waals surface area contributed by atoms with Gasteiger partial charge in [0.05, 0.1) is 17.6 Å². The molecule has 0 heterocycles. The van der Waals surface area contributed by atoms with Gasteiger partial charge in [0.2, 0.25) is 10.0 Å². The highest BCUT2D eigenvalue weighted by Gasteiger charge is 2.50. The fraction of sp³-hybridized carbons (Fsp3) is 0.571. The first-order valence-electron chi connectivity index (χ1n) is 6.56. The summed E-state index contributed by atoms with van der Waals surface area (Å²) in [6.45, 7) is 3.89. The predicted molar refractivity (Wildman–Crippen MR) is 75.7 cm³/mol. The van der Waals surface area contributed by atoms with E-state index in [-0.39, 0.29) is 29.1 Å². The Morgan fingerprint density at radius 1 is 1.35 bits per heavy atom. The zero-order chi connectivity index (χ0) is 15.0. The van der Waals surface area contributed by atoms with E-state index >= 15 is 0 Å². The Kier molecular flexibility index (Phi) is 4.20. The van der Waals surface area contributed by atoms with Crippen LogP contribution in [0.5, 0.6) is 0 Å². The van der Waals surface area contributed by atoms with Crippen LogP contribution in [0.1, 0.15) is 25.8 Å². The number of aliphatic hydroxyl groups is 1. The number of hydrogen-bond donors (Lipinski definition) is 2. The molecule has 6 heteroatoms. The van der Waals surface area contributed by atoms with Gasteiger partial charge < -0.3 is 9.84 Å². The first kappa shape index (κ1) is 15.4. The van der Waals surface area contributed by atoms with Gasteiger partial charge in [0.25, 0.3) is 0 Å². The van der Waals surface area contributed by atoms with Gasteiger partial charge >= 0.3 is 0 Å². The Morgan fingerprint density at radius 2 is 1.95 bits per heavy atom. The number of benzene rings is 1. The van der Waals surface area contributed by atoms with E-state index in [4.69, 9.17) is 9.84 Å². The van der Waals surface area contributed by atoms with Crippen LogP contribution in [0.4, 0.5) is 0 Å². The highest BCUT2D eigenvalue weighted by Crippen LogP contribution is 2.42. The molecule has 1 aromatic carbocycles. The van der Waals surface area contributed by atoms with E-state index in [1.54, 1.807) is 19.2 Å². The molecule has 0 aromatic heterocycles. The van der Waals surface area contributed by atoms with Crippen LogP contribution in [-0.2, 0) is 21.4 Å². The van der Waals surface area contributed by atoms with Crippen molar-refractivity contribution in [2.45, 2.75) is 43.9 Å². The molecule has 2 unspecified atom stereocenters. The quantitative estimate of drug-likeness (QED) is 0.858. The highest BCUT2D eigenvalue weighted by molar-refractivity contribution is 7.89. The molecule has 112 valence electrons. The Hall–Kier alpha value is -0.950. The maximum absolute atomic E-state index is 12.3. The number of hydrogen-bond acceptors (Lipinski definition) is 4. The Labute approximate surface area is 120 Å². The average Bonchev–Trinajstić information content (AvgIpc) is 2.43. The number of methoxy groups -OCH3 is 1. The summed E-state index contributed by atoms with van der Waals surface area (Å²) in [7, 11) is -1.89. The molecular formula is C14H21NO4S. The summed E-state index contributed by atoms with van der Waals surface area (Å²) >= 11 is 0. The maximum Gasteiger partial charge on any atom is 0.240 e. The fourth-order valence-electron chi connectivity index (χ4n) is 2.51. The highest BCUT2D eigenvalue weighted by atomic mass is 32.2. The monoisotopic (exact) mass is 299 g/mol. The summed E-state index contributed by atoms with van der Waals surface area (Å²) < 4.78 is 32.7. The molecule has 0 spiro atoms. The summed E-state index contributed by atoms with van der Waals surface area (Å²) in [5.74, 6) is 0. The van der Waals surface area contributed by atoms with Gasteiger partial charge in [0, 0.05) is 18.6 Å². The molecule has 1 aliphatic carbocycles. The van der Waals surface area contributed by atoms with E-state index in [2.05, 4.69) is 4.72 Å². The van der Waals surface area contributed by atoms with Gasteiger partial charge in [0.1, 0.15) is 0 Å². The van der Waals surface area contributed by atoms with E-state index in [1.807, 2.05) is 13.8 Å². The Morgan fingerprint density at radius 3 is 2.40 bits per heavy atom. The van der Waals surface area contributed by atoms with E-state index in [0.717, 1.165) is 0 Å². The van der Waals surface area contributed by atoms with Crippen molar-refractivity contribution < 1.29 is 18.3 Å². The molecule has 20 heavy (non-hydrogen) atoms. The Balaban J connectivity index is 2.12. The van der Waals surface area contributed by atoms with Crippen molar-refractivity contribution in [1.29, 1.82) is 0 Å². The van der Waals surface area contributed by atoms with Gasteiger partial charge in [-0.2, -0.15) is 0 Å². The van der Waals surface area contributed by atoms with Gasteiger partial charge in [-0.15, -0.1) is 0 Å². The molecule has 0 amide bonds. The van der Waals surface area contributed by atoms with Crippen LogP contribution in [0.2, 0.25) is 0 Å². The van der Waals surface area contributed by atoms with Crippen molar-refractivity contribution in [3.63, 3.8) is 0 Å². The molecule has 1 saturated carbocycles. The van der Waals surface area contributed by atoms with Crippen molar-refractivity contribution in [2.24, 2.45) is 5.41 Å². The first-order chi connectivity index (χ1) is 9.31. The summed E-state index contributed by atoms with van der Waals surface area (Å²) in [5, 5.41) is 8.97. The van der Waals surface area contributed by atoms with Crippen molar-refractivity contribution in [3.05, 3.63) is 29.8 Å². The molecule has 1 aromatic rings. The first-order valence-corrected chi connectivity index (χ1v) is 8.04. The van der Waals surface area contributed by atoms with Gasteiger partial charge in [0.15, 0.2) is 0 Å². The zero-order valence-electron chi connectivity index (χ0n) is 12.0. The topological polar surface area (TPSA) is 75.6 Å². The molecule has 1 aliphatic rings. The minimum Gasteiger partial charge on any atom is -0.392 e. The van der Waals surface area contributed by atoms with Crippen LogP contribution in [0.15, 0.2) is 29.2 Å². The molecule has 0 radical (unpaired) electrons. The molecule has 0 aliphatic heterocycles. The van der Waals surface area contributed by atoms with Crippen LogP contribution in [0, 0.1) is 5.41 Å². The van der Waals surface area contributed by atoms with Crippen LogP contribution >= 0.6 is 0 Å². The van der Waals surface area contributed by atoms with Crippen molar-refractivity contribution in [3.8, 4) is 0 Å². The molecule has 2 atom stereocenters. The van der Waals surface area contributed by atoms with Crippen LogP contribution < -0.4 is 4.72 Å². The van der Waals surface area contributed by atoms with Crippen LogP contribution in [-0.4, -0.2) is 32.8 Å². The minimum absolute atomic E-state index is 0.0759. The number of rotatable bonds is 5. The predicted octanol–water partition coefficient (Wildman–Crippen LogP) is 1.27. The average molecular weight is 299 g/mol. The van der Waals surface area contributed by atoms with Crippen molar-refractivity contribution in [2.75, 3.05) is 7.11 Å². The van der Waals surface area contributed by atoms with E-state index in [9.17, 15) is 8.42 Å². The lowest BCUT2D eigenvalue weighted by Crippen LogP contribution is -2.61. The second kappa shape index (κ2) is 5.44. The number of aliphatic hydroxyl groups excluding tert-OH is 1. The molecule has 2 N–H and O–H groups in total. The van der Waals surface area contributed by atoms with E-state index in [0.29, 0.717) is 12.0 Å². The van der Waals surface area contributed by atoms with Crippen molar-refractivity contribution >= 4 is 10.0 Å². The SMILES string of the molecule is COC1CC(NS(=O)(=O)c2ccc(CO)cc2)C1(C)C. The second-order valence-electron chi connectivity index (χ2n) is 5.76. The normalized spacial score (nSPS) is 25.2. The summed E-state index contributed by atoms with van der Waals surface area (Å²) in [4.78, 5) is 0.214. The molecule has 2 rings (SSSR count). The van der Waals surface area contributed by atoms with Crippen molar-refractivity contribution in [1.82, 2.24) is 4.72 Å². The smallest absolute Gasteiger partial charge is 0.240 e. The van der Waals surface area contributed by atoms with Crippen LogP contribution in [0.25, 0.3) is 0 Å². The third kappa shape index (κ3) is 2.74. The summed E-state index contributed by atoms with van der Waals surface area (Å²) in [5.41, 5.74) is 0.472. The second-order valence-corrected chi connectivity index (χ2v) is 7.47. The van der Waals surface area contributed by atoms with Gasteiger partial charge in [-0.05, 0) is 24.1 Å². The Bertz CT molecular complexity index is 565. The summed E-state index contributed by atoms with van der Waals surface area (Å²) in [6.07, 6.45) is 0.754.